The lowest BCUT2D eigenvalue weighted by Crippen LogP contribution is -1.90. The van der Waals surface area contributed by atoms with Crippen LogP contribution < -0.4 is 0 Å². The van der Waals surface area contributed by atoms with Gasteiger partial charge in [-0.3, -0.25) is 0 Å². The largest absolute Gasteiger partial charge is 0.225 e. The Bertz CT molecular complexity index is 328. The third kappa shape index (κ3) is 3.04. The summed E-state index contributed by atoms with van der Waals surface area (Å²) in [4.78, 5) is 3.86. The predicted molar refractivity (Wildman–Crippen MR) is 52.6 cm³/mol. The Morgan fingerprint density at radius 3 is 2.92 bits per heavy atom. The third-order valence-corrected chi connectivity index (χ3v) is 1.98. The number of rotatable bonds is 3. The molecule has 0 saturated heterocycles. The van der Waals surface area contributed by atoms with Gasteiger partial charge < -0.3 is 0 Å². The van der Waals surface area contributed by atoms with E-state index in [4.69, 9.17) is 16.9 Å². The zero-order valence-electron chi connectivity index (χ0n) is 7.55. The SMILES string of the molecule is CCCCc1cc(Cl)nc(C#N)c1. The number of unbranched alkanes of at least 4 members (excludes halogenated alkanes) is 1. The minimum Gasteiger partial charge on any atom is -0.225 e. The minimum absolute atomic E-state index is 0.401. The van der Waals surface area contributed by atoms with Crippen molar-refractivity contribution in [2.45, 2.75) is 26.2 Å². The van der Waals surface area contributed by atoms with Gasteiger partial charge in [-0.1, -0.05) is 24.9 Å². The maximum atomic E-state index is 8.64. The van der Waals surface area contributed by atoms with Crippen LogP contribution in [0.3, 0.4) is 0 Å². The van der Waals surface area contributed by atoms with Crippen molar-refractivity contribution in [1.82, 2.24) is 4.98 Å². The van der Waals surface area contributed by atoms with E-state index in [9.17, 15) is 0 Å². The van der Waals surface area contributed by atoms with Crippen molar-refractivity contribution in [3.05, 3.63) is 28.5 Å². The highest BCUT2D eigenvalue weighted by atomic mass is 35.5. The fourth-order valence-corrected chi connectivity index (χ4v) is 1.36. The number of nitrogens with zero attached hydrogens (tertiary/aromatic N) is 2. The van der Waals surface area contributed by atoms with Crippen LogP contribution in [0.2, 0.25) is 5.15 Å². The normalized spacial score (nSPS) is 9.62. The molecule has 0 N–H and O–H groups in total. The van der Waals surface area contributed by atoms with Gasteiger partial charge in [-0.15, -0.1) is 0 Å². The lowest BCUT2D eigenvalue weighted by Gasteiger charge is -2.00. The van der Waals surface area contributed by atoms with Crippen LogP contribution in [-0.4, -0.2) is 4.98 Å². The van der Waals surface area contributed by atoms with E-state index >= 15 is 0 Å². The molecule has 0 spiro atoms. The van der Waals surface area contributed by atoms with Gasteiger partial charge in [0.25, 0.3) is 0 Å². The summed E-state index contributed by atoms with van der Waals surface area (Å²) in [5.41, 5.74) is 1.50. The minimum atomic E-state index is 0.401. The molecule has 2 nitrogen and oxygen atoms in total. The van der Waals surface area contributed by atoms with E-state index in [0.717, 1.165) is 24.8 Å². The van der Waals surface area contributed by atoms with Gasteiger partial charge in [0.15, 0.2) is 0 Å². The smallest absolute Gasteiger partial charge is 0.142 e. The molecule has 0 unspecified atom stereocenters. The summed E-state index contributed by atoms with van der Waals surface area (Å²) >= 11 is 5.75. The van der Waals surface area contributed by atoms with Gasteiger partial charge in [-0.05, 0) is 30.5 Å². The van der Waals surface area contributed by atoms with E-state index in [0.29, 0.717) is 10.8 Å². The molecule has 13 heavy (non-hydrogen) atoms. The average molecular weight is 195 g/mol. The summed E-state index contributed by atoms with van der Waals surface area (Å²) in [6.07, 6.45) is 3.22. The van der Waals surface area contributed by atoms with Crippen LogP contribution >= 0.6 is 11.6 Å². The van der Waals surface area contributed by atoms with Crippen molar-refractivity contribution >= 4 is 11.6 Å². The third-order valence-electron chi connectivity index (χ3n) is 1.79. The first-order valence-electron chi connectivity index (χ1n) is 4.33. The fourth-order valence-electron chi connectivity index (χ4n) is 1.13. The molecule has 0 atom stereocenters. The molecule has 0 fully saturated rings. The van der Waals surface area contributed by atoms with Crippen molar-refractivity contribution in [2.75, 3.05) is 0 Å². The van der Waals surface area contributed by atoms with Crippen LogP contribution in [0, 0.1) is 11.3 Å². The molecule has 0 radical (unpaired) electrons. The fraction of sp³-hybridized carbons (Fsp3) is 0.400. The van der Waals surface area contributed by atoms with Gasteiger partial charge in [0.2, 0.25) is 0 Å². The Balaban J connectivity index is 2.83. The Kier molecular flexibility index (Phi) is 3.72. The standard InChI is InChI=1S/C10H11ClN2/c1-2-3-4-8-5-9(7-12)13-10(11)6-8/h5-6H,2-4H2,1H3. The Hall–Kier alpha value is -1.07. The zero-order valence-corrected chi connectivity index (χ0v) is 8.30. The summed E-state index contributed by atoms with van der Waals surface area (Å²) in [6.45, 7) is 2.13. The van der Waals surface area contributed by atoms with Crippen molar-refractivity contribution in [3.63, 3.8) is 0 Å². The first-order chi connectivity index (χ1) is 6.26. The number of pyridine rings is 1. The molecule has 1 aromatic rings. The Morgan fingerprint density at radius 1 is 1.54 bits per heavy atom. The lowest BCUT2D eigenvalue weighted by atomic mass is 10.1. The van der Waals surface area contributed by atoms with Crippen LogP contribution in [0.15, 0.2) is 12.1 Å². The topological polar surface area (TPSA) is 36.7 Å². The summed E-state index contributed by atoms with van der Waals surface area (Å²) < 4.78 is 0. The molecular weight excluding hydrogens is 184 g/mol. The van der Waals surface area contributed by atoms with Crippen LogP contribution in [0.4, 0.5) is 0 Å². The molecule has 0 aliphatic rings. The lowest BCUT2D eigenvalue weighted by molar-refractivity contribution is 0.793. The summed E-state index contributed by atoms with van der Waals surface area (Å²) in [5.74, 6) is 0. The first-order valence-corrected chi connectivity index (χ1v) is 4.70. The monoisotopic (exact) mass is 194 g/mol. The second kappa shape index (κ2) is 4.84. The number of halogens is 1. The highest BCUT2D eigenvalue weighted by molar-refractivity contribution is 6.29. The Morgan fingerprint density at radius 2 is 2.31 bits per heavy atom. The first kappa shape index (κ1) is 10.0. The number of hydrogen-bond acceptors (Lipinski definition) is 2. The number of nitriles is 1. The molecule has 0 aliphatic heterocycles. The summed E-state index contributed by atoms with van der Waals surface area (Å²) in [6, 6.07) is 5.60. The van der Waals surface area contributed by atoms with E-state index < -0.39 is 0 Å². The van der Waals surface area contributed by atoms with E-state index in [1.54, 1.807) is 6.07 Å². The van der Waals surface area contributed by atoms with Crippen molar-refractivity contribution in [1.29, 1.82) is 5.26 Å². The highest BCUT2D eigenvalue weighted by Crippen LogP contribution is 2.12. The zero-order chi connectivity index (χ0) is 9.68. The van der Waals surface area contributed by atoms with Gasteiger partial charge in [-0.25, -0.2) is 4.98 Å². The van der Waals surface area contributed by atoms with E-state index in [-0.39, 0.29) is 0 Å². The average Bonchev–Trinajstić information content (AvgIpc) is 2.14. The molecule has 0 amide bonds. The van der Waals surface area contributed by atoms with Crippen molar-refractivity contribution in [3.8, 4) is 6.07 Å². The van der Waals surface area contributed by atoms with Crippen molar-refractivity contribution < 1.29 is 0 Å². The second-order valence-corrected chi connectivity index (χ2v) is 3.29. The van der Waals surface area contributed by atoms with E-state index in [1.165, 1.54) is 0 Å². The quantitative estimate of drug-likeness (QED) is 0.694. The molecule has 1 aromatic heterocycles. The summed E-state index contributed by atoms with van der Waals surface area (Å²) in [7, 11) is 0. The number of aromatic nitrogens is 1. The van der Waals surface area contributed by atoms with Gasteiger partial charge in [-0.2, -0.15) is 5.26 Å². The number of aryl methyl sites for hydroxylation is 1. The molecule has 0 aromatic carbocycles. The van der Waals surface area contributed by atoms with Gasteiger partial charge in [0.1, 0.15) is 16.9 Å². The molecule has 1 rings (SSSR count). The van der Waals surface area contributed by atoms with Gasteiger partial charge in [0.05, 0.1) is 0 Å². The molecule has 3 heteroatoms. The summed E-state index contributed by atoms with van der Waals surface area (Å²) in [5, 5.41) is 9.05. The van der Waals surface area contributed by atoms with Crippen LogP contribution in [0.5, 0.6) is 0 Å². The van der Waals surface area contributed by atoms with Gasteiger partial charge in [0, 0.05) is 0 Å². The van der Waals surface area contributed by atoms with E-state index in [1.807, 2.05) is 12.1 Å². The maximum absolute atomic E-state index is 8.64. The highest BCUT2D eigenvalue weighted by Gasteiger charge is 1.99. The molecule has 0 saturated carbocycles. The second-order valence-electron chi connectivity index (χ2n) is 2.90. The molecule has 1 heterocycles. The maximum Gasteiger partial charge on any atom is 0.142 e. The molecule has 0 bridgehead atoms. The molecular formula is C10H11ClN2. The van der Waals surface area contributed by atoms with Crippen LogP contribution in [-0.2, 0) is 6.42 Å². The van der Waals surface area contributed by atoms with Gasteiger partial charge >= 0.3 is 0 Å². The van der Waals surface area contributed by atoms with Crippen molar-refractivity contribution in [2.24, 2.45) is 0 Å². The van der Waals surface area contributed by atoms with Crippen LogP contribution in [0.25, 0.3) is 0 Å². The molecule has 0 aliphatic carbocycles. The molecule has 68 valence electrons. The predicted octanol–water partition coefficient (Wildman–Crippen LogP) is 2.95. The number of hydrogen-bond donors (Lipinski definition) is 0. The van der Waals surface area contributed by atoms with Crippen LogP contribution in [0.1, 0.15) is 31.0 Å². The van der Waals surface area contributed by atoms with E-state index in [2.05, 4.69) is 11.9 Å². The Labute approximate surface area is 83.2 Å².